The molecule has 16 heavy (non-hydrogen) atoms. The van der Waals surface area contributed by atoms with Crippen LogP contribution in [0, 0.1) is 5.92 Å². The van der Waals surface area contributed by atoms with Gasteiger partial charge < -0.3 is 4.74 Å². The number of esters is 1. The molecule has 0 N–H and O–H groups in total. The number of carbonyl (C=O) groups excluding carboxylic acids is 1. The first-order valence-electron chi connectivity index (χ1n) is 5.90. The number of rotatable bonds is 3. The molecule has 1 aromatic heterocycles. The van der Waals surface area contributed by atoms with Crippen molar-refractivity contribution in [2.75, 3.05) is 6.61 Å². The van der Waals surface area contributed by atoms with Crippen LogP contribution in [0.2, 0.25) is 0 Å². The molecule has 1 atom stereocenters. The van der Waals surface area contributed by atoms with E-state index in [1.165, 1.54) is 5.56 Å². The standard InChI is InChI=1S/C13H17NO2/c1-3-9-7-10-5-6-14-12(11(10)8-9)13(15)16-4-2/h5-6,9H,3-4,7-8H2,1-2H3. The van der Waals surface area contributed by atoms with Gasteiger partial charge in [0.05, 0.1) is 6.61 Å². The van der Waals surface area contributed by atoms with Crippen molar-refractivity contribution in [2.45, 2.75) is 33.1 Å². The maximum Gasteiger partial charge on any atom is 0.357 e. The second-order valence-corrected chi connectivity index (χ2v) is 4.20. The highest BCUT2D eigenvalue weighted by atomic mass is 16.5. The summed E-state index contributed by atoms with van der Waals surface area (Å²) in [6.45, 7) is 4.41. The Labute approximate surface area is 95.8 Å². The summed E-state index contributed by atoms with van der Waals surface area (Å²) >= 11 is 0. The minimum Gasteiger partial charge on any atom is -0.461 e. The quantitative estimate of drug-likeness (QED) is 0.733. The first-order valence-corrected chi connectivity index (χ1v) is 5.90. The first kappa shape index (κ1) is 11.1. The second kappa shape index (κ2) is 4.64. The number of ether oxygens (including phenoxy) is 1. The average Bonchev–Trinajstić information content (AvgIpc) is 2.71. The Kier molecular flexibility index (Phi) is 3.22. The van der Waals surface area contributed by atoms with Gasteiger partial charge in [0.2, 0.25) is 0 Å². The zero-order valence-corrected chi connectivity index (χ0v) is 9.82. The molecule has 1 heterocycles. The highest BCUT2D eigenvalue weighted by molar-refractivity contribution is 5.89. The number of fused-ring (bicyclic) bond motifs is 1. The zero-order chi connectivity index (χ0) is 11.5. The van der Waals surface area contributed by atoms with Crippen LogP contribution >= 0.6 is 0 Å². The third-order valence-electron chi connectivity index (χ3n) is 3.20. The largest absolute Gasteiger partial charge is 0.461 e. The van der Waals surface area contributed by atoms with Crippen LogP contribution in [-0.2, 0) is 17.6 Å². The minimum atomic E-state index is -0.281. The summed E-state index contributed by atoms with van der Waals surface area (Å²) < 4.78 is 5.02. The van der Waals surface area contributed by atoms with Gasteiger partial charge in [-0.1, -0.05) is 13.3 Å². The van der Waals surface area contributed by atoms with Crippen molar-refractivity contribution in [1.82, 2.24) is 4.98 Å². The van der Waals surface area contributed by atoms with Crippen molar-refractivity contribution >= 4 is 5.97 Å². The molecule has 0 aliphatic heterocycles. The first-order chi connectivity index (χ1) is 7.76. The van der Waals surface area contributed by atoms with Crippen LogP contribution in [0.1, 0.15) is 41.9 Å². The van der Waals surface area contributed by atoms with Crippen molar-refractivity contribution in [3.63, 3.8) is 0 Å². The van der Waals surface area contributed by atoms with Crippen molar-refractivity contribution in [3.8, 4) is 0 Å². The van der Waals surface area contributed by atoms with Gasteiger partial charge in [-0.25, -0.2) is 9.78 Å². The third-order valence-corrected chi connectivity index (χ3v) is 3.20. The Morgan fingerprint density at radius 1 is 1.50 bits per heavy atom. The van der Waals surface area contributed by atoms with Gasteiger partial charge in [-0.15, -0.1) is 0 Å². The van der Waals surface area contributed by atoms with Gasteiger partial charge in [0, 0.05) is 6.20 Å². The van der Waals surface area contributed by atoms with E-state index in [1.807, 2.05) is 13.0 Å². The molecule has 0 bridgehead atoms. The number of nitrogens with zero attached hydrogens (tertiary/aromatic N) is 1. The van der Waals surface area contributed by atoms with E-state index in [0.717, 1.165) is 24.8 Å². The van der Waals surface area contributed by atoms with Crippen LogP contribution in [-0.4, -0.2) is 17.6 Å². The molecule has 0 aromatic carbocycles. The molecule has 0 saturated carbocycles. The number of pyridine rings is 1. The van der Waals surface area contributed by atoms with Crippen molar-refractivity contribution in [3.05, 3.63) is 29.1 Å². The van der Waals surface area contributed by atoms with Gasteiger partial charge in [-0.2, -0.15) is 0 Å². The smallest absolute Gasteiger partial charge is 0.357 e. The van der Waals surface area contributed by atoms with Crippen LogP contribution < -0.4 is 0 Å². The Bertz CT molecular complexity index is 401. The molecule has 3 heteroatoms. The second-order valence-electron chi connectivity index (χ2n) is 4.20. The molecule has 1 aliphatic rings. The van der Waals surface area contributed by atoms with E-state index in [4.69, 9.17) is 4.74 Å². The maximum atomic E-state index is 11.7. The van der Waals surface area contributed by atoms with E-state index >= 15 is 0 Å². The van der Waals surface area contributed by atoms with Crippen LogP contribution in [0.4, 0.5) is 0 Å². The molecule has 0 fully saturated rings. The fourth-order valence-electron chi connectivity index (χ4n) is 2.29. The molecule has 3 nitrogen and oxygen atoms in total. The molecule has 1 aromatic rings. The summed E-state index contributed by atoms with van der Waals surface area (Å²) in [6.07, 6.45) is 4.90. The summed E-state index contributed by atoms with van der Waals surface area (Å²) in [5, 5.41) is 0. The van der Waals surface area contributed by atoms with Gasteiger partial charge in [0.1, 0.15) is 0 Å². The number of carbonyl (C=O) groups is 1. The van der Waals surface area contributed by atoms with Crippen molar-refractivity contribution < 1.29 is 9.53 Å². The van der Waals surface area contributed by atoms with E-state index < -0.39 is 0 Å². The molecule has 2 rings (SSSR count). The average molecular weight is 219 g/mol. The lowest BCUT2D eigenvalue weighted by atomic mass is 10.0. The van der Waals surface area contributed by atoms with Gasteiger partial charge in [0.25, 0.3) is 0 Å². The van der Waals surface area contributed by atoms with Crippen LogP contribution in [0.3, 0.4) is 0 Å². The zero-order valence-electron chi connectivity index (χ0n) is 9.82. The lowest BCUT2D eigenvalue weighted by Gasteiger charge is -2.06. The monoisotopic (exact) mass is 219 g/mol. The molecule has 1 unspecified atom stereocenters. The van der Waals surface area contributed by atoms with Gasteiger partial charge >= 0.3 is 5.97 Å². The molecule has 0 amide bonds. The van der Waals surface area contributed by atoms with E-state index in [1.54, 1.807) is 6.20 Å². The summed E-state index contributed by atoms with van der Waals surface area (Å²) in [4.78, 5) is 15.9. The summed E-state index contributed by atoms with van der Waals surface area (Å²) in [5.74, 6) is 0.378. The lowest BCUT2D eigenvalue weighted by Crippen LogP contribution is -2.10. The fraction of sp³-hybridized carbons (Fsp3) is 0.538. The van der Waals surface area contributed by atoms with Gasteiger partial charge in [0.15, 0.2) is 5.69 Å². The summed E-state index contributed by atoms with van der Waals surface area (Å²) in [7, 11) is 0. The van der Waals surface area contributed by atoms with Crippen molar-refractivity contribution in [1.29, 1.82) is 0 Å². The van der Waals surface area contributed by atoms with Crippen molar-refractivity contribution in [2.24, 2.45) is 5.92 Å². The molecule has 1 aliphatic carbocycles. The number of hydrogen-bond acceptors (Lipinski definition) is 3. The molecule has 86 valence electrons. The van der Waals surface area contributed by atoms with Crippen LogP contribution in [0.15, 0.2) is 12.3 Å². The maximum absolute atomic E-state index is 11.7. The van der Waals surface area contributed by atoms with E-state index in [2.05, 4.69) is 11.9 Å². The van der Waals surface area contributed by atoms with E-state index in [-0.39, 0.29) is 5.97 Å². The highest BCUT2D eigenvalue weighted by Crippen LogP contribution is 2.30. The predicted octanol–water partition coefficient (Wildman–Crippen LogP) is 2.38. The number of hydrogen-bond donors (Lipinski definition) is 0. The Balaban J connectivity index is 2.29. The van der Waals surface area contributed by atoms with Crippen LogP contribution in [0.5, 0.6) is 0 Å². The molecule has 0 radical (unpaired) electrons. The van der Waals surface area contributed by atoms with E-state index in [0.29, 0.717) is 18.2 Å². The topological polar surface area (TPSA) is 39.2 Å². The minimum absolute atomic E-state index is 0.281. The lowest BCUT2D eigenvalue weighted by molar-refractivity contribution is 0.0518. The number of aromatic nitrogens is 1. The SMILES string of the molecule is CCOC(=O)c1nccc2c1CC(CC)C2. The Morgan fingerprint density at radius 2 is 2.31 bits per heavy atom. The van der Waals surface area contributed by atoms with Crippen LogP contribution in [0.25, 0.3) is 0 Å². The van der Waals surface area contributed by atoms with Gasteiger partial charge in [-0.05, 0) is 42.9 Å². The Hall–Kier alpha value is -1.38. The predicted molar refractivity (Wildman–Crippen MR) is 61.4 cm³/mol. The molecular weight excluding hydrogens is 202 g/mol. The summed E-state index contributed by atoms with van der Waals surface area (Å²) in [5.41, 5.74) is 2.90. The fourth-order valence-corrected chi connectivity index (χ4v) is 2.29. The molecular formula is C13H17NO2. The highest BCUT2D eigenvalue weighted by Gasteiger charge is 2.26. The van der Waals surface area contributed by atoms with E-state index in [9.17, 15) is 4.79 Å². The summed E-state index contributed by atoms with van der Waals surface area (Å²) in [6, 6.07) is 2.02. The Morgan fingerprint density at radius 3 is 3.00 bits per heavy atom. The molecule has 0 spiro atoms. The normalized spacial score (nSPS) is 18.2. The third kappa shape index (κ3) is 1.94. The van der Waals surface area contributed by atoms with Gasteiger partial charge in [-0.3, -0.25) is 0 Å². The molecule has 0 saturated heterocycles.